The van der Waals surface area contributed by atoms with Crippen LogP contribution in [0.4, 0.5) is 0 Å². The van der Waals surface area contributed by atoms with E-state index in [1.165, 1.54) is 0 Å². The van der Waals surface area contributed by atoms with Gasteiger partial charge in [-0.05, 0) is 148 Å². The number of hydrogen-bond donors (Lipinski definition) is 0. The van der Waals surface area contributed by atoms with Gasteiger partial charge in [-0.3, -0.25) is 0 Å². The number of rotatable bonds is 29. The van der Waals surface area contributed by atoms with Crippen molar-refractivity contribution in [2.75, 3.05) is 66.1 Å². The predicted octanol–water partition coefficient (Wildman–Crippen LogP) is 12.6. The van der Waals surface area contributed by atoms with Crippen LogP contribution in [0.5, 0.6) is 57.5 Å². The number of benzene rings is 5. The quantitative estimate of drug-likeness (QED) is 0.0462. The van der Waals surface area contributed by atoms with Crippen molar-refractivity contribution in [3.63, 3.8) is 0 Å². The van der Waals surface area contributed by atoms with Gasteiger partial charge < -0.3 is 47.4 Å². The second-order valence-electron chi connectivity index (χ2n) is 15.4. The molecule has 0 aliphatic heterocycles. The maximum Gasteiger partial charge on any atom is 0.123 e. The van der Waals surface area contributed by atoms with Gasteiger partial charge in [-0.2, -0.15) is 0 Å². The molecule has 0 aromatic heterocycles. The average molecular weight is 907 g/mol. The summed E-state index contributed by atoms with van der Waals surface area (Å²) in [5, 5.41) is 0. The van der Waals surface area contributed by atoms with Crippen LogP contribution < -0.4 is 47.4 Å². The fraction of sp³-hybridized carbons (Fsp3) is 0.464. The molecule has 0 fully saturated rings. The summed E-state index contributed by atoms with van der Waals surface area (Å²) < 4.78 is 62.6. The molecule has 0 radical (unpaired) electrons. The fourth-order valence-corrected chi connectivity index (χ4v) is 8.21. The molecule has 0 N–H and O–H groups in total. The summed E-state index contributed by atoms with van der Waals surface area (Å²) in [5.41, 5.74) is 9.08. The van der Waals surface area contributed by atoms with Crippen molar-refractivity contribution >= 4 is 0 Å². The molecule has 0 unspecified atom stereocenters. The smallest absolute Gasteiger partial charge is 0.123 e. The van der Waals surface area contributed by atoms with E-state index in [1.807, 2.05) is 81.4 Å². The highest BCUT2D eigenvalue weighted by molar-refractivity contribution is 5.58. The second kappa shape index (κ2) is 26.3. The van der Waals surface area contributed by atoms with E-state index >= 15 is 0 Å². The minimum atomic E-state index is 0.492. The van der Waals surface area contributed by atoms with Gasteiger partial charge >= 0.3 is 0 Å². The van der Waals surface area contributed by atoms with E-state index in [0.29, 0.717) is 91.8 Å². The molecule has 5 aromatic rings. The molecule has 0 saturated carbocycles. The lowest BCUT2D eigenvalue weighted by molar-refractivity contribution is 0.319. The Labute approximate surface area is 394 Å². The molecule has 5 aromatic carbocycles. The third kappa shape index (κ3) is 13.4. The lowest BCUT2D eigenvalue weighted by Gasteiger charge is -2.22. The Morgan fingerprint density at radius 2 is 0.439 bits per heavy atom. The molecule has 0 aliphatic carbocycles. The molecule has 0 bridgehead atoms. The van der Waals surface area contributed by atoms with Crippen molar-refractivity contribution in [1.29, 1.82) is 0 Å². The first-order valence-corrected chi connectivity index (χ1v) is 24.2. The normalized spacial score (nSPS) is 11.0. The van der Waals surface area contributed by atoms with Gasteiger partial charge in [-0.25, -0.2) is 0 Å². The Balaban J connectivity index is 1.57. The molecular weight excluding hydrogens is 833 g/mol. The molecule has 10 nitrogen and oxygen atoms in total. The zero-order chi connectivity index (χ0) is 47.4. The molecule has 66 heavy (non-hydrogen) atoms. The first kappa shape index (κ1) is 51.1. The topological polar surface area (TPSA) is 92.3 Å². The average Bonchev–Trinajstić information content (AvgIpc) is 3.30. The van der Waals surface area contributed by atoms with Gasteiger partial charge in [0.15, 0.2) is 0 Å². The third-order valence-electron chi connectivity index (χ3n) is 10.9. The van der Waals surface area contributed by atoms with Crippen LogP contribution in [-0.4, -0.2) is 66.1 Å². The van der Waals surface area contributed by atoms with Crippen LogP contribution in [0.1, 0.15) is 126 Å². The predicted molar refractivity (Wildman–Crippen MR) is 265 cm³/mol. The van der Waals surface area contributed by atoms with Gasteiger partial charge in [0, 0.05) is 70.2 Å². The van der Waals surface area contributed by atoms with Gasteiger partial charge in [-0.1, -0.05) is 6.92 Å². The van der Waals surface area contributed by atoms with Gasteiger partial charge in [0.25, 0.3) is 0 Å². The Hall–Kier alpha value is -5.90. The Bertz CT molecular complexity index is 2300. The summed E-state index contributed by atoms with van der Waals surface area (Å²) in [6, 6.07) is 22.9. The molecule has 0 amide bonds. The maximum atomic E-state index is 6.44. The summed E-state index contributed by atoms with van der Waals surface area (Å²) in [6.07, 6.45) is 3.04. The lowest BCUT2D eigenvalue weighted by Crippen LogP contribution is -2.08. The van der Waals surface area contributed by atoms with Crippen LogP contribution >= 0.6 is 0 Å². The van der Waals surface area contributed by atoms with Crippen molar-refractivity contribution in [3.8, 4) is 57.5 Å². The monoisotopic (exact) mass is 907 g/mol. The van der Waals surface area contributed by atoms with Crippen LogP contribution in [0.2, 0.25) is 0 Å². The summed E-state index contributed by atoms with van der Waals surface area (Å²) in [4.78, 5) is 0. The van der Waals surface area contributed by atoms with Crippen molar-refractivity contribution < 1.29 is 47.4 Å². The number of hydrogen-bond acceptors (Lipinski definition) is 10. The molecule has 5 rings (SSSR count). The Morgan fingerprint density at radius 3 is 0.682 bits per heavy atom. The van der Waals surface area contributed by atoms with E-state index in [1.54, 1.807) is 0 Å². The Morgan fingerprint density at radius 1 is 0.227 bits per heavy atom. The summed E-state index contributed by atoms with van der Waals surface area (Å²) in [7, 11) is 0. The summed E-state index contributed by atoms with van der Waals surface area (Å²) in [5.74, 6) is 8.06. The minimum absolute atomic E-state index is 0.492. The third-order valence-corrected chi connectivity index (χ3v) is 10.9. The van der Waals surface area contributed by atoms with E-state index in [2.05, 4.69) is 61.5 Å². The van der Waals surface area contributed by atoms with Crippen molar-refractivity contribution in [2.24, 2.45) is 0 Å². The molecule has 358 valence electrons. The lowest BCUT2D eigenvalue weighted by atomic mass is 9.94. The largest absolute Gasteiger partial charge is 0.494 e. The fourth-order valence-electron chi connectivity index (χ4n) is 8.21. The zero-order valence-electron chi connectivity index (χ0n) is 41.5. The van der Waals surface area contributed by atoms with Gasteiger partial charge in [0.05, 0.1) is 66.1 Å². The van der Waals surface area contributed by atoms with Gasteiger partial charge in [0.2, 0.25) is 0 Å². The molecule has 10 heteroatoms. The molecule has 0 aliphatic rings. The van der Waals surface area contributed by atoms with Crippen LogP contribution in [0.3, 0.4) is 0 Å². The highest BCUT2D eigenvalue weighted by Gasteiger charge is 2.22. The van der Waals surface area contributed by atoms with E-state index in [-0.39, 0.29) is 0 Å². The molecule has 0 atom stereocenters. The van der Waals surface area contributed by atoms with E-state index < -0.39 is 0 Å². The van der Waals surface area contributed by atoms with Crippen molar-refractivity contribution in [2.45, 2.75) is 108 Å². The van der Waals surface area contributed by atoms with Crippen LogP contribution in [0.15, 0.2) is 66.7 Å². The van der Waals surface area contributed by atoms with Crippen molar-refractivity contribution in [1.82, 2.24) is 0 Å². The Kier molecular flexibility index (Phi) is 20.4. The summed E-state index contributed by atoms with van der Waals surface area (Å²) in [6.45, 7) is 27.5. The number of ether oxygens (including phenoxy) is 10. The van der Waals surface area contributed by atoms with E-state index in [9.17, 15) is 0 Å². The molecule has 0 saturated heterocycles. The maximum absolute atomic E-state index is 6.44. The zero-order valence-corrected chi connectivity index (χ0v) is 41.5. The second-order valence-corrected chi connectivity index (χ2v) is 15.4. The molecule has 0 spiro atoms. The van der Waals surface area contributed by atoms with Crippen molar-refractivity contribution in [3.05, 3.63) is 117 Å². The highest BCUT2D eigenvalue weighted by atomic mass is 16.5. The SMILES string of the molecule is CCOc1ccc(OCC)c(Cc2cc(OCC)c(Cc3cc(OCC)c(Cc4cc(OCC)c(Cc5cc(OCC)c(CC)cc5OCC)cc4OCC)cc3OCC)cc2OCC)c1. The van der Waals surface area contributed by atoms with Gasteiger partial charge in [-0.15, -0.1) is 0 Å². The minimum Gasteiger partial charge on any atom is -0.494 e. The first-order chi connectivity index (χ1) is 32.2. The highest BCUT2D eigenvalue weighted by Crippen LogP contribution is 2.41. The van der Waals surface area contributed by atoms with Gasteiger partial charge in [0.1, 0.15) is 57.5 Å². The summed E-state index contributed by atoms with van der Waals surface area (Å²) >= 11 is 0. The first-order valence-electron chi connectivity index (χ1n) is 24.2. The van der Waals surface area contributed by atoms with Crippen LogP contribution in [0, 0.1) is 0 Å². The number of aryl methyl sites for hydroxylation is 1. The standard InChI is InChI=1S/C56H74O10/c1-12-38-30-50(60-16-5)41(31-49(38)59-15-4)26-42-34-54(64-20-9)45(35-53(42)63-19-8)28-46-37-55(65-21-10)44(36-56(46)66-22-11)27-43-33-51(61-17-6)40(32-52(43)62-18-7)25-39-29-47(57-13-2)23-24-48(39)58-14-3/h23-24,29-37H,12-22,25-28H2,1-11H3. The molecular formula is C56H74O10. The van der Waals surface area contributed by atoms with E-state index in [0.717, 1.165) is 114 Å². The van der Waals surface area contributed by atoms with Crippen LogP contribution in [-0.2, 0) is 32.1 Å². The van der Waals surface area contributed by atoms with Crippen LogP contribution in [0.25, 0.3) is 0 Å². The molecule has 0 heterocycles. The van der Waals surface area contributed by atoms with E-state index in [4.69, 9.17) is 47.4 Å².